The van der Waals surface area contributed by atoms with Gasteiger partial charge in [-0.3, -0.25) is 9.69 Å². The van der Waals surface area contributed by atoms with Crippen LogP contribution in [-0.4, -0.2) is 89.1 Å². The zero-order valence-corrected chi connectivity index (χ0v) is 11.9. The van der Waals surface area contributed by atoms with E-state index in [1.165, 1.54) is 0 Å². The van der Waals surface area contributed by atoms with E-state index in [9.17, 15) is 9.59 Å². The second-order valence-corrected chi connectivity index (χ2v) is 6.12. The molecule has 0 aromatic rings. The Kier molecular flexibility index (Phi) is 5.33. The first-order valence-electron chi connectivity index (χ1n) is 6.72. The van der Waals surface area contributed by atoms with E-state index in [1.54, 1.807) is 0 Å². The van der Waals surface area contributed by atoms with Crippen LogP contribution in [0.2, 0.25) is 0 Å². The van der Waals surface area contributed by atoms with Crippen LogP contribution in [0.4, 0.5) is 4.79 Å². The standard InChI is InChI=1S/C12H21N3O3S/c16-11(17)10-13-3-5-15(6-4-13)12(18)14-2-1-8-19-9-7-14/h1-10H2,(H,16,17). The van der Waals surface area contributed by atoms with Gasteiger partial charge in [-0.1, -0.05) is 0 Å². The minimum absolute atomic E-state index is 0.0718. The Hall–Kier alpha value is -0.950. The minimum atomic E-state index is -0.802. The molecule has 108 valence electrons. The number of nitrogens with zero attached hydrogens (tertiary/aromatic N) is 3. The first-order chi connectivity index (χ1) is 9.16. The van der Waals surface area contributed by atoms with Crippen molar-refractivity contribution in [3.63, 3.8) is 0 Å². The molecule has 19 heavy (non-hydrogen) atoms. The largest absolute Gasteiger partial charge is 0.480 e. The summed E-state index contributed by atoms with van der Waals surface area (Å²) in [6.07, 6.45) is 1.06. The fraction of sp³-hybridized carbons (Fsp3) is 0.833. The summed E-state index contributed by atoms with van der Waals surface area (Å²) in [5.74, 6) is 1.35. The molecule has 0 radical (unpaired) electrons. The molecule has 0 bridgehead atoms. The van der Waals surface area contributed by atoms with Gasteiger partial charge in [0.1, 0.15) is 0 Å². The molecule has 0 unspecified atom stereocenters. The maximum atomic E-state index is 12.3. The molecule has 2 saturated heterocycles. The van der Waals surface area contributed by atoms with Gasteiger partial charge in [0, 0.05) is 45.0 Å². The highest BCUT2D eigenvalue weighted by atomic mass is 32.2. The third-order valence-corrected chi connectivity index (χ3v) is 4.54. The first kappa shape index (κ1) is 14.5. The third kappa shape index (κ3) is 4.28. The number of piperazine rings is 1. The number of hydrogen-bond acceptors (Lipinski definition) is 4. The molecule has 2 heterocycles. The SMILES string of the molecule is O=C(O)CN1CCN(C(=O)N2CCCSCC2)CC1. The van der Waals surface area contributed by atoms with Crippen LogP contribution in [0.15, 0.2) is 0 Å². The summed E-state index contributed by atoms with van der Waals surface area (Å²) in [7, 11) is 0. The van der Waals surface area contributed by atoms with Gasteiger partial charge in [0.2, 0.25) is 0 Å². The summed E-state index contributed by atoms with van der Waals surface area (Å²) in [4.78, 5) is 28.7. The molecule has 0 saturated carbocycles. The summed E-state index contributed by atoms with van der Waals surface area (Å²) in [6, 6.07) is 0.123. The van der Waals surface area contributed by atoms with Crippen LogP contribution >= 0.6 is 11.8 Å². The lowest BCUT2D eigenvalue weighted by Crippen LogP contribution is -2.53. The third-order valence-electron chi connectivity index (χ3n) is 3.49. The van der Waals surface area contributed by atoms with Crippen molar-refractivity contribution in [3.05, 3.63) is 0 Å². The molecule has 0 aromatic heterocycles. The number of carboxylic acids is 1. The van der Waals surface area contributed by atoms with Gasteiger partial charge in [0.15, 0.2) is 0 Å². The van der Waals surface area contributed by atoms with Crippen LogP contribution < -0.4 is 0 Å². The number of rotatable bonds is 2. The molecule has 2 amide bonds. The lowest BCUT2D eigenvalue weighted by atomic mass is 10.3. The Bertz CT molecular complexity index is 324. The predicted octanol–water partition coefficient (Wildman–Crippen LogP) is 0.247. The van der Waals surface area contributed by atoms with Gasteiger partial charge in [0.25, 0.3) is 0 Å². The molecule has 0 atom stereocenters. The second kappa shape index (κ2) is 7.00. The molecule has 0 aliphatic carbocycles. The number of carbonyl (C=O) groups is 2. The summed E-state index contributed by atoms with van der Waals surface area (Å²) in [5, 5.41) is 8.74. The summed E-state index contributed by atoms with van der Waals surface area (Å²) in [5.41, 5.74) is 0. The monoisotopic (exact) mass is 287 g/mol. The zero-order valence-electron chi connectivity index (χ0n) is 11.1. The van der Waals surface area contributed by atoms with Crippen molar-refractivity contribution in [1.29, 1.82) is 0 Å². The second-order valence-electron chi connectivity index (χ2n) is 4.89. The van der Waals surface area contributed by atoms with Crippen LogP contribution in [0, 0.1) is 0 Å². The van der Waals surface area contributed by atoms with Gasteiger partial charge in [-0.05, 0) is 12.2 Å². The Balaban J connectivity index is 1.79. The van der Waals surface area contributed by atoms with Crippen molar-refractivity contribution in [1.82, 2.24) is 14.7 Å². The highest BCUT2D eigenvalue weighted by Gasteiger charge is 2.26. The van der Waals surface area contributed by atoms with Crippen LogP contribution in [0.1, 0.15) is 6.42 Å². The van der Waals surface area contributed by atoms with Crippen LogP contribution in [0.3, 0.4) is 0 Å². The molecule has 2 fully saturated rings. The topological polar surface area (TPSA) is 64.1 Å². The van der Waals surface area contributed by atoms with E-state index in [-0.39, 0.29) is 12.6 Å². The Morgan fingerprint density at radius 2 is 1.63 bits per heavy atom. The number of urea groups is 1. The summed E-state index contributed by atoms with van der Waals surface area (Å²) >= 11 is 1.90. The van der Waals surface area contributed by atoms with Gasteiger partial charge in [-0.15, -0.1) is 0 Å². The zero-order chi connectivity index (χ0) is 13.7. The molecule has 1 N–H and O–H groups in total. The van der Waals surface area contributed by atoms with Gasteiger partial charge < -0.3 is 14.9 Å². The maximum Gasteiger partial charge on any atom is 0.320 e. The lowest BCUT2D eigenvalue weighted by molar-refractivity contribution is -0.138. The van der Waals surface area contributed by atoms with E-state index >= 15 is 0 Å². The molecule has 2 aliphatic heterocycles. The Morgan fingerprint density at radius 3 is 2.32 bits per heavy atom. The molecular weight excluding hydrogens is 266 g/mol. The number of carboxylic acid groups (broad SMARTS) is 1. The Morgan fingerprint density at radius 1 is 0.947 bits per heavy atom. The van der Waals surface area contributed by atoms with Crippen LogP contribution in [0.25, 0.3) is 0 Å². The summed E-state index contributed by atoms with van der Waals surface area (Å²) < 4.78 is 0. The lowest BCUT2D eigenvalue weighted by Gasteiger charge is -2.36. The molecule has 0 aromatic carbocycles. The molecule has 6 nitrogen and oxygen atoms in total. The molecule has 2 aliphatic rings. The highest BCUT2D eigenvalue weighted by Crippen LogP contribution is 2.13. The molecule has 7 heteroatoms. The average Bonchev–Trinajstić information content (AvgIpc) is 2.67. The van der Waals surface area contributed by atoms with E-state index in [0.29, 0.717) is 26.2 Å². The van der Waals surface area contributed by atoms with Gasteiger partial charge >= 0.3 is 12.0 Å². The predicted molar refractivity (Wildman–Crippen MR) is 74.6 cm³/mol. The van der Waals surface area contributed by atoms with Crippen molar-refractivity contribution in [3.8, 4) is 0 Å². The van der Waals surface area contributed by atoms with E-state index < -0.39 is 5.97 Å². The molecular formula is C12H21N3O3S. The average molecular weight is 287 g/mol. The highest BCUT2D eigenvalue weighted by molar-refractivity contribution is 7.99. The van der Waals surface area contributed by atoms with E-state index in [4.69, 9.17) is 5.11 Å². The maximum absolute atomic E-state index is 12.3. The Labute approximate surface area is 117 Å². The molecule has 0 spiro atoms. The fourth-order valence-corrected chi connectivity index (χ4v) is 3.31. The quantitative estimate of drug-likeness (QED) is 0.788. The normalized spacial score (nSPS) is 22.1. The van der Waals surface area contributed by atoms with Crippen molar-refractivity contribution >= 4 is 23.8 Å². The van der Waals surface area contributed by atoms with Crippen molar-refractivity contribution < 1.29 is 14.7 Å². The molecule has 2 rings (SSSR count). The number of thioether (sulfide) groups is 1. The van der Waals surface area contributed by atoms with Crippen LogP contribution in [-0.2, 0) is 4.79 Å². The van der Waals surface area contributed by atoms with Crippen molar-refractivity contribution in [2.45, 2.75) is 6.42 Å². The van der Waals surface area contributed by atoms with E-state index in [0.717, 1.165) is 31.0 Å². The van der Waals surface area contributed by atoms with Crippen LogP contribution in [0.5, 0.6) is 0 Å². The van der Waals surface area contributed by atoms with E-state index in [1.807, 2.05) is 26.5 Å². The van der Waals surface area contributed by atoms with Crippen molar-refractivity contribution in [2.24, 2.45) is 0 Å². The van der Waals surface area contributed by atoms with E-state index in [2.05, 4.69) is 0 Å². The smallest absolute Gasteiger partial charge is 0.320 e. The minimum Gasteiger partial charge on any atom is -0.480 e. The first-order valence-corrected chi connectivity index (χ1v) is 7.88. The number of carbonyl (C=O) groups excluding carboxylic acids is 1. The van der Waals surface area contributed by atoms with Gasteiger partial charge in [-0.25, -0.2) is 4.79 Å². The summed E-state index contributed by atoms with van der Waals surface area (Å²) in [6.45, 7) is 4.33. The fourth-order valence-electron chi connectivity index (χ4n) is 2.43. The number of hydrogen-bond donors (Lipinski definition) is 1. The van der Waals surface area contributed by atoms with Gasteiger partial charge in [-0.2, -0.15) is 11.8 Å². The number of aliphatic carboxylic acids is 1. The van der Waals surface area contributed by atoms with Crippen molar-refractivity contribution in [2.75, 3.05) is 57.3 Å². The van der Waals surface area contributed by atoms with Gasteiger partial charge in [0.05, 0.1) is 6.54 Å². The number of amides is 2.